The highest BCUT2D eigenvalue weighted by Gasteiger charge is 2.28. The average Bonchev–Trinajstić information content (AvgIpc) is 2.77. The summed E-state index contributed by atoms with van der Waals surface area (Å²) >= 11 is 3.46. The second-order valence-corrected chi connectivity index (χ2v) is 8.52. The summed E-state index contributed by atoms with van der Waals surface area (Å²) in [5, 5.41) is 3.04. The Kier molecular flexibility index (Phi) is 6.18. The maximum atomic E-state index is 13.1. The van der Waals surface area contributed by atoms with Crippen molar-refractivity contribution in [2.75, 3.05) is 18.0 Å². The van der Waals surface area contributed by atoms with E-state index in [0.717, 1.165) is 40.5 Å². The predicted octanol–water partition coefficient (Wildman–Crippen LogP) is 3.71. The Morgan fingerprint density at radius 3 is 2.87 bits per heavy atom. The second-order valence-electron chi connectivity index (χ2n) is 7.61. The first kappa shape index (κ1) is 20.6. The minimum absolute atomic E-state index is 0.0243. The molecule has 6 nitrogen and oxygen atoms in total. The zero-order valence-electron chi connectivity index (χ0n) is 17.0. The van der Waals surface area contributed by atoms with Crippen LogP contribution in [0.15, 0.2) is 57.8 Å². The van der Waals surface area contributed by atoms with Crippen LogP contribution < -0.4 is 15.8 Å². The molecule has 0 radical (unpaired) electrons. The predicted molar refractivity (Wildman–Crippen MR) is 123 cm³/mol. The molecule has 1 N–H and O–H groups in total. The summed E-state index contributed by atoms with van der Waals surface area (Å²) in [5.41, 5.74) is 2.60. The van der Waals surface area contributed by atoms with Gasteiger partial charge in [0.1, 0.15) is 0 Å². The van der Waals surface area contributed by atoms with Gasteiger partial charge in [0.2, 0.25) is 5.91 Å². The Labute approximate surface area is 184 Å². The van der Waals surface area contributed by atoms with Gasteiger partial charge >= 0.3 is 0 Å². The number of anilines is 1. The number of piperidine rings is 1. The summed E-state index contributed by atoms with van der Waals surface area (Å²) in [6.45, 7) is 4.28. The third-order valence-corrected chi connectivity index (χ3v) is 6.09. The fourth-order valence-electron chi connectivity index (χ4n) is 4.06. The van der Waals surface area contributed by atoms with Gasteiger partial charge in [0.15, 0.2) is 5.82 Å². The van der Waals surface area contributed by atoms with Crippen molar-refractivity contribution in [3.05, 3.63) is 68.9 Å². The monoisotopic (exact) mass is 468 g/mol. The molecule has 0 aliphatic carbocycles. The summed E-state index contributed by atoms with van der Waals surface area (Å²) in [4.78, 5) is 32.5. The summed E-state index contributed by atoms with van der Waals surface area (Å²) in [6, 6.07) is 15.6. The Balaban J connectivity index is 1.52. The number of halogens is 1. The molecule has 0 spiro atoms. The summed E-state index contributed by atoms with van der Waals surface area (Å²) < 4.78 is 2.75. The maximum Gasteiger partial charge on any atom is 0.293 e. The van der Waals surface area contributed by atoms with Crippen molar-refractivity contribution in [1.82, 2.24) is 14.9 Å². The van der Waals surface area contributed by atoms with Crippen LogP contribution in [0.4, 0.5) is 5.82 Å². The highest BCUT2D eigenvalue weighted by atomic mass is 79.9. The van der Waals surface area contributed by atoms with Crippen LogP contribution in [0.5, 0.6) is 0 Å². The first-order chi connectivity index (χ1) is 14.6. The molecule has 3 aromatic rings. The van der Waals surface area contributed by atoms with E-state index >= 15 is 0 Å². The lowest BCUT2D eigenvalue weighted by molar-refractivity contribution is -0.125. The molecule has 1 saturated heterocycles. The molecule has 0 saturated carbocycles. The fraction of sp³-hybridized carbons (Fsp3) is 0.348. The number of carbonyl (C=O) groups is 1. The van der Waals surface area contributed by atoms with Crippen molar-refractivity contribution in [1.29, 1.82) is 0 Å². The van der Waals surface area contributed by atoms with E-state index in [2.05, 4.69) is 26.2 Å². The van der Waals surface area contributed by atoms with Crippen molar-refractivity contribution in [2.24, 2.45) is 5.92 Å². The third kappa shape index (κ3) is 4.26. The quantitative estimate of drug-likeness (QED) is 0.619. The molecule has 2 heterocycles. The molecule has 0 bridgehead atoms. The minimum Gasteiger partial charge on any atom is -0.352 e. The number of nitrogens with zero attached hydrogens (tertiary/aromatic N) is 3. The largest absolute Gasteiger partial charge is 0.352 e. The van der Waals surface area contributed by atoms with Gasteiger partial charge in [0, 0.05) is 30.7 Å². The van der Waals surface area contributed by atoms with E-state index in [4.69, 9.17) is 0 Å². The number of nitrogens with one attached hydrogen (secondary N) is 1. The highest BCUT2D eigenvalue weighted by Crippen LogP contribution is 2.22. The number of hydrogen-bond acceptors (Lipinski definition) is 4. The van der Waals surface area contributed by atoms with E-state index in [1.54, 1.807) is 4.57 Å². The van der Waals surface area contributed by atoms with Gasteiger partial charge in [-0.15, -0.1) is 0 Å². The van der Waals surface area contributed by atoms with Crippen LogP contribution in [-0.2, 0) is 17.9 Å². The van der Waals surface area contributed by atoms with Crippen LogP contribution in [0.2, 0.25) is 0 Å². The van der Waals surface area contributed by atoms with Crippen LogP contribution in [0.25, 0.3) is 11.0 Å². The van der Waals surface area contributed by atoms with Crippen molar-refractivity contribution >= 4 is 38.7 Å². The summed E-state index contributed by atoms with van der Waals surface area (Å²) in [6.07, 6.45) is 1.67. The van der Waals surface area contributed by atoms with Crippen LogP contribution in [0, 0.1) is 5.92 Å². The molecule has 7 heteroatoms. The molecular formula is C23H25BrN4O2. The van der Waals surface area contributed by atoms with Crippen LogP contribution >= 0.6 is 15.9 Å². The summed E-state index contributed by atoms with van der Waals surface area (Å²) in [5.74, 6) is 0.310. The van der Waals surface area contributed by atoms with Crippen molar-refractivity contribution in [3.63, 3.8) is 0 Å². The van der Waals surface area contributed by atoms with Crippen molar-refractivity contribution in [3.8, 4) is 0 Å². The molecule has 1 atom stereocenters. The standard InChI is InChI=1S/C23H25BrN4O2/c1-2-28-20-11-4-3-10-19(20)26-21(23(28)30)27-12-6-8-17(15-27)22(29)25-14-16-7-5-9-18(24)13-16/h3-5,7,9-11,13,17H,2,6,8,12,14-15H2,1H3,(H,25,29). The van der Waals surface area contributed by atoms with Gasteiger partial charge in [0.25, 0.3) is 5.56 Å². The SMILES string of the molecule is CCn1c(=O)c(N2CCCC(C(=O)NCc3cccc(Br)c3)C2)nc2ccccc21. The number of rotatable bonds is 5. The number of amides is 1. The zero-order chi connectivity index (χ0) is 21.1. The Hall–Kier alpha value is -2.67. The molecule has 30 heavy (non-hydrogen) atoms. The van der Waals surface area contributed by atoms with Crippen molar-refractivity contribution in [2.45, 2.75) is 32.9 Å². The lowest BCUT2D eigenvalue weighted by atomic mass is 9.97. The smallest absolute Gasteiger partial charge is 0.293 e. The Morgan fingerprint density at radius 1 is 1.23 bits per heavy atom. The van der Waals surface area contributed by atoms with E-state index in [0.29, 0.717) is 25.5 Å². The number of para-hydroxylation sites is 2. The molecular weight excluding hydrogens is 444 g/mol. The van der Waals surface area contributed by atoms with Gasteiger partial charge in [-0.25, -0.2) is 4.98 Å². The van der Waals surface area contributed by atoms with E-state index in [-0.39, 0.29) is 17.4 Å². The first-order valence-electron chi connectivity index (χ1n) is 10.3. The number of benzene rings is 2. The van der Waals surface area contributed by atoms with Gasteiger partial charge < -0.3 is 14.8 Å². The number of fused-ring (bicyclic) bond motifs is 1. The van der Waals surface area contributed by atoms with Gasteiger partial charge in [-0.05, 0) is 49.6 Å². The maximum absolute atomic E-state index is 13.1. The first-order valence-corrected chi connectivity index (χ1v) is 11.1. The number of aromatic nitrogens is 2. The zero-order valence-corrected chi connectivity index (χ0v) is 18.6. The fourth-order valence-corrected chi connectivity index (χ4v) is 4.51. The lowest BCUT2D eigenvalue weighted by Gasteiger charge is -2.32. The summed E-state index contributed by atoms with van der Waals surface area (Å²) in [7, 11) is 0. The molecule has 156 valence electrons. The average molecular weight is 469 g/mol. The van der Waals surface area contributed by atoms with Gasteiger partial charge in [-0.1, -0.05) is 40.2 Å². The molecule has 1 aliphatic heterocycles. The normalized spacial score (nSPS) is 16.6. The van der Waals surface area contributed by atoms with Crippen LogP contribution in [0.3, 0.4) is 0 Å². The molecule has 1 unspecified atom stereocenters. The Morgan fingerprint density at radius 2 is 2.07 bits per heavy atom. The molecule has 1 aromatic heterocycles. The van der Waals surface area contributed by atoms with E-state index < -0.39 is 0 Å². The molecule has 1 fully saturated rings. The number of hydrogen-bond donors (Lipinski definition) is 1. The van der Waals surface area contributed by atoms with Crippen LogP contribution in [-0.4, -0.2) is 28.5 Å². The highest BCUT2D eigenvalue weighted by molar-refractivity contribution is 9.10. The number of carbonyl (C=O) groups excluding carboxylic acids is 1. The minimum atomic E-state index is -0.159. The van der Waals surface area contributed by atoms with Crippen LogP contribution in [0.1, 0.15) is 25.3 Å². The third-order valence-electron chi connectivity index (χ3n) is 5.60. The van der Waals surface area contributed by atoms with E-state index in [1.807, 2.05) is 60.4 Å². The van der Waals surface area contributed by atoms with Gasteiger partial charge in [0.05, 0.1) is 17.0 Å². The topological polar surface area (TPSA) is 67.2 Å². The van der Waals surface area contributed by atoms with Crippen molar-refractivity contribution < 1.29 is 4.79 Å². The van der Waals surface area contributed by atoms with E-state index in [1.165, 1.54) is 0 Å². The molecule has 1 amide bonds. The molecule has 2 aromatic carbocycles. The van der Waals surface area contributed by atoms with Gasteiger partial charge in [-0.3, -0.25) is 9.59 Å². The second kappa shape index (κ2) is 9.00. The molecule has 1 aliphatic rings. The lowest BCUT2D eigenvalue weighted by Crippen LogP contribution is -2.45. The van der Waals surface area contributed by atoms with Gasteiger partial charge in [-0.2, -0.15) is 0 Å². The molecule has 4 rings (SSSR count). The number of aryl methyl sites for hydroxylation is 1. The van der Waals surface area contributed by atoms with E-state index in [9.17, 15) is 9.59 Å². The Bertz CT molecular complexity index is 1130.